The van der Waals surface area contributed by atoms with Crippen LogP contribution < -0.4 is 19.7 Å². The molecule has 2 N–H and O–H groups in total. The highest BCUT2D eigenvalue weighted by Crippen LogP contribution is 2.44. The third-order valence-electron chi connectivity index (χ3n) is 6.43. The Bertz CT molecular complexity index is 1750. The van der Waals surface area contributed by atoms with E-state index in [1.54, 1.807) is 29.7 Å². The van der Waals surface area contributed by atoms with E-state index in [-0.39, 0.29) is 12.1 Å². The van der Waals surface area contributed by atoms with Crippen LogP contribution in [0.5, 0.6) is 5.75 Å². The van der Waals surface area contributed by atoms with E-state index in [1.807, 2.05) is 59.6 Å². The molecule has 9 nitrogen and oxygen atoms in total. The predicted octanol–water partition coefficient (Wildman–Crippen LogP) is 5.04. The van der Waals surface area contributed by atoms with Gasteiger partial charge in [-0.05, 0) is 60.7 Å². The molecular weight excluding hydrogens is 553 g/mol. The predicted molar refractivity (Wildman–Crippen MR) is 158 cm³/mol. The van der Waals surface area contributed by atoms with Gasteiger partial charge in [0.05, 0.1) is 46.7 Å². The minimum Gasteiger partial charge on any atom is -0.494 e. The molecule has 198 valence electrons. The van der Waals surface area contributed by atoms with Crippen molar-refractivity contribution >= 4 is 60.3 Å². The van der Waals surface area contributed by atoms with Crippen molar-refractivity contribution < 1.29 is 13.2 Å². The molecule has 4 heterocycles. The normalized spacial score (nSPS) is 17.4. The van der Waals surface area contributed by atoms with Crippen molar-refractivity contribution in [1.82, 2.24) is 19.9 Å². The maximum absolute atomic E-state index is 11.9. The molecule has 12 heteroatoms. The van der Waals surface area contributed by atoms with Gasteiger partial charge in [0.2, 0.25) is 10.0 Å². The van der Waals surface area contributed by atoms with E-state index in [0.717, 1.165) is 38.7 Å². The second-order valence-electron chi connectivity index (χ2n) is 9.02. The number of aromatic nitrogens is 3. The fraction of sp³-hybridized carbons (Fsp3) is 0.148. The molecule has 0 amide bonds. The van der Waals surface area contributed by atoms with Crippen LogP contribution in [-0.4, -0.2) is 41.4 Å². The minimum absolute atomic E-state index is 0.262. The van der Waals surface area contributed by atoms with Crippen molar-refractivity contribution in [2.75, 3.05) is 23.0 Å². The first-order valence-corrected chi connectivity index (χ1v) is 15.1. The Balaban J connectivity index is 1.49. The van der Waals surface area contributed by atoms with Crippen molar-refractivity contribution in [2.45, 2.75) is 12.1 Å². The molecule has 1 aliphatic heterocycles. The number of thiocarbonyl (C=S) groups is 1. The van der Waals surface area contributed by atoms with E-state index >= 15 is 0 Å². The molecule has 2 aromatic carbocycles. The first-order valence-electron chi connectivity index (χ1n) is 12.0. The number of pyridine rings is 1. The Hall–Kier alpha value is -4.00. The monoisotopic (exact) mass is 576 g/mol. The summed E-state index contributed by atoms with van der Waals surface area (Å²) in [4.78, 5) is 11.5. The number of nitrogens with one attached hydrogen (secondary N) is 2. The number of para-hydroxylation sites is 1. The van der Waals surface area contributed by atoms with Gasteiger partial charge in [-0.1, -0.05) is 29.5 Å². The Morgan fingerprint density at radius 2 is 1.90 bits per heavy atom. The van der Waals surface area contributed by atoms with Crippen LogP contribution in [0.3, 0.4) is 0 Å². The van der Waals surface area contributed by atoms with E-state index in [0.29, 0.717) is 16.5 Å². The maximum Gasteiger partial charge on any atom is 0.229 e. The average Bonchev–Trinajstić information content (AvgIpc) is 3.65. The van der Waals surface area contributed by atoms with Crippen LogP contribution in [0.4, 0.5) is 11.4 Å². The summed E-state index contributed by atoms with van der Waals surface area (Å²) in [5.41, 5.74) is 3.83. The third-order valence-corrected chi connectivity index (χ3v) is 8.37. The first kappa shape index (κ1) is 25.3. The highest BCUT2D eigenvalue weighted by molar-refractivity contribution is 7.92. The first-order chi connectivity index (χ1) is 18.8. The lowest BCUT2D eigenvalue weighted by molar-refractivity contribution is 0.417. The minimum atomic E-state index is -3.49. The van der Waals surface area contributed by atoms with Gasteiger partial charge in [0.15, 0.2) is 10.2 Å². The Kier molecular flexibility index (Phi) is 6.45. The van der Waals surface area contributed by atoms with Gasteiger partial charge in [-0.3, -0.25) is 14.3 Å². The summed E-state index contributed by atoms with van der Waals surface area (Å²) in [6.45, 7) is 0. The quantitative estimate of drug-likeness (QED) is 0.260. The smallest absolute Gasteiger partial charge is 0.229 e. The van der Waals surface area contributed by atoms with Gasteiger partial charge in [-0.2, -0.15) is 0 Å². The maximum atomic E-state index is 11.9. The molecule has 6 rings (SSSR count). The number of ether oxygens (including phenoxy) is 1. The van der Waals surface area contributed by atoms with Gasteiger partial charge in [-0.15, -0.1) is 0 Å². The number of fused-ring (bicyclic) bond motifs is 1. The molecule has 2 atom stereocenters. The van der Waals surface area contributed by atoms with Gasteiger partial charge in [-0.25, -0.2) is 13.4 Å². The molecule has 1 aliphatic rings. The molecular formula is C27H24N6O3S3. The van der Waals surface area contributed by atoms with Crippen molar-refractivity contribution in [3.05, 3.63) is 96.6 Å². The van der Waals surface area contributed by atoms with Gasteiger partial charge in [0.25, 0.3) is 0 Å². The van der Waals surface area contributed by atoms with E-state index in [4.69, 9.17) is 21.9 Å². The number of anilines is 2. The van der Waals surface area contributed by atoms with Crippen molar-refractivity contribution in [3.8, 4) is 10.9 Å². The lowest BCUT2D eigenvalue weighted by atomic mass is 10.0. The Morgan fingerprint density at radius 3 is 2.64 bits per heavy atom. The van der Waals surface area contributed by atoms with Crippen LogP contribution in [0.2, 0.25) is 0 Å². The van der Waals surface area contributed by atoms with Crippen molar-refractivity contribution in [1.29, 1.82) is 0 Å². The molecule has 0 aliphatic carbocycles. The topological polar surface area (TPSA) is 101 Å². The zero-order chi connectivity index (χ0) is 27.1. The molecule has 39 heavy (non-hydrogen) atoms. The Morgan fingerprint density at radius 1 is 1.08 bits per heavy atom. The summed E-state index contributed by atoms with van der Waals surface area (Å²) >= 11 is 7.49. The van der Waals surface area contributed by atoms with E-state index < -0.39 is 10.0 Å². The summed E-state index contributed by atoms with van der Waals surface area (Å²) in [5.74, 6) is 0.377. The van der Waals surface area contributed by atoms with Gasteiger partial charge in [0.1, 0.15) is 11.8 Å². The van der Waals surface area contributed by atoms with Crippen LogP contribution in [-0.2, 0) is 10.0 Å². The zero-order valence-corrected chi connectivity index (χ0v) is 23.4. The number of hydrogen-bond acceptors (Lipinski definition) is 7. The number of sulfonamides is 1. The summed E-state index contributed by atoms with van der Waals surface area (Å²) in [6, 6.07) is 22.6. The van der Waals surface area contributed by atoms with Crippen LogP contribution in [0.25, 0.3) is 15.3 Å². The highest BCUT2D eigenvalue weighted by Gasteiger charge is 2.42. The van der Waals surface area contributed by atoms with Crippen LogP contribution in [0.1, 0.15) is 23.5 Å². The number of hydrogen-bond donors (Lipinski definition) is 2. The lowest BCUT2D eigenvalue weighted by Gasteiger charge is -2.29. The van der Waals surface area contributed by atoms with Gasteiger partial charge < -0.3 is 15.0 Å². The SMILES string of the molecule is COc1cc(N2C(=S)NC(c3ccccn3)C2c2cccn2-c2nc3ccccc3s2)ccc1NS(C)(=O)=O. The summed E-state index contributed by atoms with van der Waals surface area (Å²) in [5, 5.41) is 4.82. The molecule has 2 unspecified atom stereocenters. The molecule has 0 radical (unpaired) electrons. The number of rotatable bonds is 7. The van der Waals surface area contributed by atoms with E-state index in [1.165, 1.54) is 7.11 Å². The molecule has 1 saturated heterocycles. The number of thiazole rings is 1. The third kappa shape index (κ3) is 4.82. The molecule has 0 bridgehead atoms. The summed E-state index contributed by atoms with van der Waals surface area (Å²) in [7, 11) is -1.99. The second-order valence-corrected chi connectivity index (χ2v) is 12.2. The molecule has 0 saturated carbocycles. The van der Waals surface area contributed by atoms with E-state index in [2.05, 4.69) is 31.7 Å². The molecule has 0 spiro atoms. The van der Waals surface area contributed by atoms with Gasteiger partial charge in [0, 0.05) is 24.1 Å². The highest BCUT2D eigenvalue weighted by atomic mass is 32.2. The van der Waals surface area contributed by atoms with E-state index in [9.17, 15) is 8.42 Å². The standard InChI is InChI=1S/C27H24N6O3S3/c1-36-22-16-17(12-13-18(22)31-39(2,34)35)33-25(24(30-26(33)37)20-9-5-6-14-28-20)21-10-7-15-32(21)27-29-19-8-3-4-11-23(19)38-27/h3-16,24-25,31H,1-2H3,(H,30,37). The summed E-state index contributed by atoms with van der Waals surface area (Å²) in [6.07, 6.45) is 4.87. The number of benzene rings is 2. The lowest BCUT2D eigenvalue weighted by Crippen LogP contribution is -2.30. The fourth-order valence-electron chi connectivity index (χ4n) is 4.82. The Labute approximate surface area is 235 Å². The largest absolute Gasteiger partial charge is 0.494 e. The summed E-state index contributed by atoms with van der Waals surface area (Å²) < 4.78 is 35.0. The molecule has 1 fully saturated rings. The molecule has 3 aromatic heterocycles. The second kappa shape index (κ2) is 9.95. The van der Waals surface area contributed by atoms with Crippen molar-refractivity contribution in [3.63, 3.8) is 0 Å². The van der Waals surface area contributed by atoms with Crippen LogP contribution in [0, 0.1) is 0 Å². The van der Waals surface area contributed by atoms with Gasteiger partial charge >= 0.3 is 0 Å². The van der Waals surface area contributed by atoms with Crippen LogP contribution >= 0.6 is 23.6 Å². The average molecular weight is 577 g/mol. The number of nitrogens with zero attached hydrogens (tertiary/aromatic N) is 4. The fourth-order valence-corrected chi connectivity index (χ4v) is 6.70. The van der Waals surface area contributed by atoms with Crippen LogP contribution in [0.15, 0.2) is 85.2 Å². The van der Waals surface area contributed by atoms with Crippen molar-refractivity contribution in [2.24, 2.45) is 0 Å². The number of methoxy groups -OCH3 is 1. The zero-order valence-electron chi connectivity index (χ0n) is 21.0. The molecule has 5 aromatic rings.